The van der Waals surface area contributed by atoms with Gasteiger partial charge in [-0.3, -0.25) is 0 Å². The van der Waals surface area contributed by atoms with E-state index in [-0.39, 0.29) is 12.1 Å². The van der Waals surface area contributed by atoms with E-state index in [2.05, 4.69) is 6.58 Å². The van der Waals surface area contributed by atoms with Gasteiger partial charge in [-0.25, -0.2) is 4.79 Å². The zero-order valence-corrected chi connectivity index (χ0v) is 13.6. The molecular weight excluding hydrogens is 278 g/mol. The smallest absolute Gasteiger partial charge is 0.411 e. The van der Waals surface area contributed by atoms with Gasteiger partial charge in [0.05, 0.1) is 11.6 Å². The van der Waals surface area contributed by atoms with Crippen LogP contribution in [0.3, 0.4) is 0 Å². The number of rotatable bonds is 5. The Labute approximate surface area is 132 Å². The van der Waals surface area contributed by atoms with Crippen LogP contribution in [0.2, 0.25) is 0 Å². The third-order valence-electron chi connectivity index (χ3n) is 4.54. The molecule has 1 aliphatic heterocycles. The molecule has 1 amide bonds. The third kappa shape index (κ3) is 3.17. The van der Waals surface area contributed by atoms with Gasteiger partial charge in [0.2, 0.25) is 0 Å². The first-order chi connectivity index (χ1) is 10.3. The van der Waals surface area contributed by atoms with Crippen LogP contribution in [0.15, 0.2) is 43.0 Å². The zero-order valence-electron chi connectivity index (χ0n) is 13.6. The Morgan fingerprint density at radius 3 is 2.59 bits per heavy atom. The number of amides is 1. The first-order valence-electron chi connectivity index (χ1n) is 7.68. The minimum atomic E-state index is -0.968. The summed E-state index contributed by atoms with van der Waals surface area (Å²) in [6.45, 7) is 9.59. The van der Waals surface area contributed by atoms with Gasteiger partial charge in [-0.15, -0.1) is 6.58 Å². The first kappa shape index (κ1) is 16.6. The Morgan fingerprint density at radius 2 is 2.09 bits per heavy atom. The van der Waals surface area contributed by atoms with Gasteiger partial charge in [-0.05, 0) is 26.3 Å². The average molecular weight is 303 g/mol. The quantitative estimate of drug-likeness (QED) is 0.848. The summed E-state index contributed by atoms with van der Waals surface area (Å²) in [6.07, 6.45) is 2.66. The fourth-order valence-corrected chi connectivity index (χ4v) is 2.84. The van der Waals surface area contributed by atoms with Crippen LogP contribution in [-0.2, 0) is 10.3 Å². The molecule has 0 aromatic heterocycles. The largest absolute Gasteiger partial charge is 0.437 e. The number of carbonyl (C=O) groups excluding carboxylic acids is 1. The zero-order chi connectivity index (χ0) is 16.4. The van der Waals surface area contributed by atoms with Gasteiger partial charge in [0.25, 0.3) is 0 Å². The molecule has 1 aromatic carbocycles. The van der Waals surface area contributed by atoms with Crippen LogP contribution in [0.5, 0.6) is 0 Å². The SMILES string of the molecule is C=CCC1(c2ccccc2)CCN(C(C)C(C)(C)O)C(=O)O1. The van der Waals surface area contributed by atoms with Gasteiger partial charge in [0.15, 0.2) is 0 Å². The highest BCUT2D eigenvalue weighted by Crippen LogP contribution is 2.38. The van der Waals surface area contributed by atoms with Gasteiger partial charge in [0.1, 0.15) is 5.60 Å². The summed E-state index contributed by atoms with van der Waals surface area (Å²) in [7, 11) is 0. The molecule has 2 atom stereocenters. The number of cyclic esters (lactones) is 1. The lowest BCUT2D eigenvalue weighted by Gasteiger charge is -2.45. The predicted molar refractivity (Wildman–Crippen MR) is 86.5 cm³/mol. The van der Waals surface area contributed by atoms with E-state index in [9.17, 15) is 9.90 Å². The molecule has 1 aliphatic rings. The number of nitrogens with zero attached hydrogens (tertiary/aromatic N) is 1. The topological polar surface area (TPSA) is 49.8 Å². The Kier molecular flexibility index (Phi) is 4.61. The lowest BCUT2D eigenvalue weighted by atomic mass is 9.85. The van der Waals surface area contributed by atoms with E-state index in [0.29, 0.717) is 19.4 Å². The Morgan fingerprint density at radius 1 is 1.45 bits per heavy atom. The maximum absolute atomic E-state index is 12.5. The van der Waals surface area contributed by atoms with Crippen molar-refractivity contribution in [2.75, 3.05) is 6.54 Å². The molecule has 0 bridgehead atoms. The maximum Gasteiger partial charge on any atom is 0.411 e. The molecule has 0 spiro atoms. The van der Waals surface area contributed by atoms with Crippen LogP contribution in [-0.4, -0.2) is 34.3 Å². The molecule has 2 unspecified atom stereocenters. The summed E-state index contributed by atoms with van der Waals surface area (Å²) in [5.41, 5.74) is -0.640. The molecule has 0 saturated carbocycles. The van der Waals surface area contributed by atoms with Crippen LogP contribution >= 0.6 is 0 Å². The van der Waals surface area contributed by atoms with Crippen molar-refractivity contribution < 1.29 is 14.6 Å². The van der Waals surface area contributed by atoms with Crippen LogP contribution in [0.1, 0.15) is 39.2 Å². The Hall–Kier alpha value is -1.81. The lowest BCUT2D eigenvalue weighted by Crippen LogP contribution is -2.56. The number of aliphatic hydroxyl groups is 1. The number of hydrogen-bond acceptors (Lipinski definition) is 3. The third-order valence-corrected chi connectivity index (χ3v) is 4.54. The van der Waals surface area contributed by atoms with Crippen molar-refractivity contribution in [3.63, 3.8) is 0 Å². The van der Waals surface area contributed by atoms with Crippen molar-refractivity contribution in [1.82, 2.24) is 4.90 Å². The molecule has 2 rings (SSSR count). The van der Waals surface area contributed by atoms with Gasteiger partial charge in [-0.2, -0.15) is 0 Å². The molecule has 4 nitrogen and oxygen atoms in total. The minimum Gasteiger partial charge on any atom is -0.437 e. The second-order valence-corrected chi connectivity index (χ2v) is 6.49. The summed E-state index contributed by atoms with van der Waals surface area (Å²) >= 11 is 0. The molecule has 120 valence electrons. The van der Waals surface area contributed by atoms with Gasteiger partial charge < -0.3 is 14.7 Å². The van der Waals surface area contributed by atoms with E-state index in [1.165, 1.54) is 0 Å². The number of carbonyl (C=O) groups is 1. The van der Waals surface area contributed by atoms with E-state index >= 15 is 0 Å². The van der Waals surface area contributed by atoms with Gasteiger partial charge in [-0.1, -0.05) is 36.4 Å². The fourth-order valence-electron chi connectivity index (χ4n) is 2.84. The molecule has 22 heavy (non-hydrogen) atoms. The van der Waals surface area contributed by atoms with Crippen LogP contribution < -0.4 is 0 Å². The first-order valence-corrected chi connectivity index (χ1v) is 7.68. The van der Waals surface area contributed by atoms with Crippen molar-refractivity contribution in [2.24, 2.45) is 0 Å². The molecule has 0 radical (unpaired) electrons. The minimum absolute atomic E-state index is 0.308. The second-order valence-electron chi connectivity index (χ2n) is 6.49. The van der Waals surface area contributed by atoms with Crippen molar-refractivity contribution >= 4 is 6.09 Å². The van der Waals surface area contributed by atoms with Crippen molar-refractivity contribution in [3.8, 4) is 0 Å². The molecule has 4 heteroatoms. The maximum atomic E-state index is 12.5. The molecule has 1 saturated heterocycles. The monoisotopic (exact) mass is 303 g/mol. The van der Waals surface area contributed by atoms with Crippen LogP contribution in [0.25, 0.3) is 0 Å². The van der Waals surface area contributed by atoms with E-state index in [4.69, 9.17) is 4.74 Å². The van der Waals surface area contributed by atoms with E-state index < -0.39 is 11.2 Å². The number of ether oxygens (including phenoxy) is 1. The summed E-state index contributed by atoms with van der Waals surface area (Å²) in [6, 6.07) is 9.48. The standard InChI is InChI=1S/C18H25NO3/c1-5-11-18(15-9-7-6-8-10-15)12-13-19(16(20)22-18)14(2)17(3,4)21/h5-10,14,21H,1,11-13H2,2-4H3. The van der Waals surface area contributed by atoms with Crippen LogP contribution in [0, 0.1) is 0 Å². The van der Waals surface area contributed by atoms with Crippen molar-refractivity contribution in [3.05, 3.63) is 48.6 Å². The lowest BCUT2D eigenvalue weighted by molar-refractivity contribution is -0.0845. The summed E-state index contributed by atoms with van der Waals surface area (Å²) in [5.74, 6) is 0. The van der Waals surface area contributed by atoms with Crippen molar-refractivity contribution in [1.29, 1.82) is 0 Å². The summed E-state index contributed by atoms with van der Waals surface area (Å²) in [4.78, 5) is 14.1. The molecule has 0 aliphatic carbocycles. The summed E-state index contributed by atoms with van der Waals surface area (Å²) in [5, 5.41) is 10.1. The Balaban J connectivity index is 2.25. The van der Waals surface area contributed by atoms with E-state index in [0.717, 1.165) is 5.56 Å². The van der Waals surface area contributed by atoms with Crippen molar-refractivity contribution in [2.45, 2.75) is 50.9 Å². The fraction of sp³-hybridized carbons (Fsp3) is 0.500. The molecule has 1 fully saturated rings. The molecule has 1 N–H and O–H groups in total. The predicted octanol–water partition coefficient (Wildman–Crippen LogP) is 3.46. The second kappa shape index (κ2) is 6.13. The van der Waals surface area contributed by atoms with Gasteiger partial charge >= 0.3 is 6.09 Å². The highest BCUT2D eigenvalue weighted by molar-refractivity contribution is 5.70. The average Bonchev–Trinajstić information content (AvgIpc) is 2.47. The highest BCUT2D eigenvalue weighted by atomic mass is 16.6. The highest BCUT2D eigenvalue weighted by Gasteiger charge is 2.44. The molecule has 1 aromatic rings. The van der Waals surface area contributed by atoms with Crippen LogP contribution in [0.4, 0.5) is 4.79 Å². The van der Waals surface area contributed by atoms with E-state index in [1.54, 1.807) is 24.8 Å². The summed E-state index contributed by atoms with van der Waals surface area (Å²) < 4.78 is 5.83. The number of benzene rings is 1. The van der Waals surface area contributed by atoms with E-state index in [1.807, 2.05) is 37.3 Å². The Bertz CT molecular complexity index is 535. The van der Waals surface area contributed by atoms with Gasteiger partial charge in [0, 0.05) is 19.4 Å². The molecule has 1 heterocycles. The number of hydrogen-bond donors (Lipinski definition) is 1. The normalized spacial score (nSPS) is 23.8. The molecular formula is C18H25NO3.